The molecule has 28 heavy (non-hydrogen) atoms. The summed E-state index contributed by atoms with van der Waals surface area (Å²) < 4.78 is 9.73. The summed E-state index contributed by atoms with van der Waals surface area (Å²) >= 11 is 0. The molecule has 0 radical (unpaired) electrons. The predicted molar refractivity (Wildman–Crippen MR) is 106 cm³/mol. The van der Waals surface area contributed by atoms with Gasteiger partial charge in [-0.15, -0.1) is 0 Å². The molecule has 138 valence electrons. The summed E-state index contributed by atoms with van der Waals surface area (Å²) in [6, 6.07) is 7.88. The molecule has 1 aliphatic rings. The third-order valence-electron chi connectivity index (χ3n) is 4.71. The zero-order valence-corrected chi connectivity index (χ0v) is 15.5. The standard InChI is InChI=1S/C22H19N5O/c1-26-14-19(13-24-26)20-11-17(8-9-23-20)15-28-21-3-2-10-27-22(21)18(12-25-27)7-6-16-4-5-16/h2-3,8-14,16H,4-5,15H2,1H3. The Kier molecular flexibility index (Phi) is 4.06. The lowest BCUT2D eigenvalue weighted by Crippen LogP contribution is -1.99. The SMILES string of the molecule is Cn1cc(-c2cc(COc3cccn4ncc(C#CC5CC5)c34)ccn2)cn1. The van der Waals surface area contributed by atoms with E-state index >= 15 is 0 Å². The second-order valence-corrected chi connectivity index (χ2v) is 7.01. The molecule has 0 aromatic carbocycles. The van der Waals surface area contributed by atoms with E-state index in [1.165, 1.54) is 12.8 Å². The van der Waals surface area contributed by atoms with Crippen molar-refractivity contribution < 1.29 is 4.74 Å². The number of hydrogen-bond acceptors (Lipinski definition) is 4. The number of rotatable bonds is 4. The van der Waals surface area contributed by atoms with Crippen LogP contribution in [0.5, 0.6) is 5.75 Å². The Hall–Kier alpha value is -3.59. The van der Waals surface area contributed by atoms with Gasteiger partial charge in [0.2, 0.25) is 0 Å². The first-order valence-electron chi connectivity index (χ1n) is 9.31. The first kappa shape index (κ1) is 16.6. The summed E-state index contributed by atoms with van der Waals surface area (Å²) in [6.45, 7) is 0.441. The van der Waals surface area contributed by atoms with E-state index in [0.717, 1.165) is 33.7 Å². The maximum Gasteiger partial charge on any atom is 0.146 e. The summed E-state index contributed by atoms with van der Waals surface area (Å²) in [4.78, 5) is 4.44. The molecule has 1 fully saturated rings. The summed E-state index contributed by atoms with van der Waals surface area (Å²) in [5.74, 6) is 7.90. The van der Waals surface area contributed by atoms with Crippen molar-refractivity contribution >= 4 is 5.52 Å². The summed E-state index contributed by atoms with van der Waals surface area (Å²) in [5.41, 5.74) is 4.74. The number of aromatic nitrogens is 5. The normalized spacial score (nSPS) is 13.3. The van der Waals surface area contributed by atoms with Gasteiger partial charge in [-0.25, -0.2) is 4.52 Å². The fourth-order valence-corrected chi connectivity index (χ4v) is 3.06. The van der Waals surface area contributed by atoms with E-state index in [4.69, 9.17) is 4.74 Å². The van der Waals surface area contributed by atoms with Gasteiger partial charge in [-0.2, -0.15) is 10.2 Å². The molecule has 0 N–H and O–H groups in total. The molecule has 0 spiro atoms. The summed E-state index contributed by atoms with van der Waals surface area (Å²) in [6.07, 6.45) is 11.7. The maximum atomic E-state index is 6.15. The number of fused-ring (bicyclic) bond motifs is 1. The van der Waals surface area contributed by atoms with Gasteiger partial charge in [0, 0.05) is 37.1 Å². The van der Waals surface area contributed by atoms with Crippen molar-refractivity contribution in [3.63, 3.8) is 0 Å². The van der Waals surface area contributed by atoms with Crippen LogP contribution < -0.4 is 4.74 Å². The quantitative estimate of drug-likeness (QED) is 0.517. The van der Waals surface area contributed by atoms with E-state index in [1.807, 2.05) is 60.6 Å². The van der Waals surface area contributed by atoms with E-state index in [2.05, 4.69) is 27.0 Å². The van der Waals surface area contributed by atoms with Crippen LogP contribution in [0.15, 0.2) is 55.2 Å². The molecule has 6 heteroatoms. The van der Waals surface area contributed by atoms with Crippen LogP contribution in [0.25, 0.3) is 16.8 Å². The summed E-state index contributed by atoms with van der Waals surface area (Å²) in [7, 11) is 1.90. The zero-order chi connectivity index (χ0) is 18.9. The average Bonchev–Trinajstić information content (AvgIpc) is 3.30. The minimum Gasteiger partial charge on any atom is -0.487 e. The first-order valence-corrected chi connectivity index (χ1v) is 9.31. The van der Waals surface area contributed by atoms with Crippen LogP contribution in [0, 0.1) is 17.8 Å². The van der Waals surface area contributed by atoms with E-state index in [9.17, 15) is 0 Å². The van der Waals surface area contributed by atoms with Crippen molar-refractivity contribution in [1.29, 1.82) is 0 Å². The highest BCUT2D eigenvalue weighted by Crippen LogP contribution is 2.29. The van der Waals surface area contributed by atoms with Gasteiger partial charge in [0.05, 0.1) is 23.7 Å². The first-order chi connectivity index (χ1) is 13.8. The number of ether oxygens (including phenoxy) is 1. The largest absolute Gasteiger partial charge is 0.487 e. The monoisotopic (exact) mass is 369 g/mol. The molecular weight excluding hydrogens is 350 g/mol. The van der Waals surface area contributed by atoms with Crippen molar-refractivity contribution in [3.05, 3.63) is 66.4 Å². The molecule has 4 heterocycles. The number of pyridine rings is 2. The number of aryl methyl sites for hydroxylation is 1. The lowest BCUT2D eigenvalue weighted by Gasteiger charge is -2.09. The van der Waals surface area contributed by atoms with E-state index in [1.54, 1.807) is 10.9 Å². The molecule has 0 aliphatic heterocycles. The highest BCUT2D eigenvalue weighted by atomic mass is 16.5. The van der Waals surface area contributed by atoms with Crippen LogP contribution in [-0.2, 0) is 13.7 Å². The van der Waals surface area contributed by atoms with Gasteiger partial charge in [0.25, 0.3) is 0 Å². The average molecular weight is 369 g/mol. The van der Waals surface area contributed by atoms with E-state index in [0.29, 0.717) is 12.5 Å². The number of hydrogen-bond donors (Lipinski definition) is 0. The Morgan fingerprint density at radius 2 is 2.14 bits per heavy atom. The third-order valence-corrected chi connectivity index (χ3v) is 4.71. The summed E-state index contributed by atoms with van der Waals surface area (Å²) in [5, 5.41) is 8.61. The molecule has 1 saturated carbocycles. The molecular formula is C22H19N5O. The smallest absolute Gasteiger partial charge is 0.146 e. The van der Waals surface area contributed by atoms with Crippen molar-refractivity contribution in [1.82, 2.24) is 24.4 Å². The van der Waals surface area contributed by atoms with Gasteiger partial charge in [-0.05, 0) is 42.7 Å². The molecule has 0 atom stereocenters. The minimum absolute atomic E-state index is 0.441. The zero-order valence-electron chi connectivity index (χ0n) is 15.5. The van der Waals surface area contributed by atoms with Crippen LogP contribution in [0.3, 0.4) is 0 Å². The van der Waals surface area contributed by atoms with Crippen molar-refractivity contribution in [2.45, 2.75) is 19.4 Å². The molecule has 0 amide bonds. The molecule has 1 aliphatic carbocycles. The lowest BCUT2D eigenvalue weighted by atomic mass is 10.2. The van der Waals surface area contributed by atoms with Gasteiger partial charge < -0.3 is 4.74 Å². The van der Waals surface area contributed by atoms with Crippen LogP contribution in [0.2, 0.25) is 0 Å². The maximum absolute atomic E-state index is 6.15. The molecule has 0 unspecified atom stereocenters. The highest BCUT2D eigenvalue weighted by Gasteiger charge is 2.18. The highest BCUT2D eigenvalue weighted by molar-refractivity contribution is 5.70. The Labute approximate surface area is 162 Å². The topological polar surface area (TPSA) is 57.2 Å². The Balaban J connectivity index is 1.40. The van der Waals surface area contributed by atoms with Crippen LogP contribution >= 0.6 is 0 Å². The molecule has 6 nitrogen and oxygen atoms in total. The van der Waals surface area contributed by atoms with Crippen molar-refractivity contribution in [2.24, 2.45) is 13.0 Å². The van der Waals surface area contributed by atoms with Crippen LogP contribution in [0.4, 0.5) is 0 Å². The van der Waals surface area contributed by atoms with Crippen LogP contribution in [-0.4, -0.2) is 24.4 Å². The lowest BCUT2D eigenvalue weighted by molar-refractivity contribution is 0.308. The Morgan fingerprint density at radius 1 is 1.21 bits per heavy atom. The van der Waals surface area contributed by atoms with Gasteiger partial charge in [0.1, 0.15) is 17.9 Å². The van der Waals surface area contributed by atoms with Gasteiger partial charge in [-0.1, -0.05) is 11.8 Å². The third kappa shape index (κ3) is 3.35. The van der Waals surface area contributed by atoms with Crippen molar-refractivity contribution in [3.8, 4) is 28.8 Å². The fraction of sp³-hybridized carbons (Fsp3) is 0.227. The van der Waals surface area contributed by atoms with Crippen molar-refractivity contribution in [2.75, 3.05) is 0 Å². The van der Waals surface area contributed by atoms with Crippen LogP contribution in [0.1, 0.15) is 24.0 Å². The van der Waals surface area contributed by atoms with E-state index < -0.39 is 0 Å². The van der Waals surface area contributed by atoms with Gasteiger partial charge >= 0.3 is 0 Å². The number of nitrogens with zero attached hydrogens (tertiary/aromatic N) is 5. The van der Waals surface area contributed by atoms with E-state index in [-0.39, 0.29) is 0 Å². The van der Waals surface area contributed by atoms with Gasteiger partial charge in [0.15, 0.2) is 0 Å². The Bertz CT molecular complexity index is 1210. The molecule has 4 aromatic rings. The second-order valence-electron chi connectivity index (χ2n) is 7.01. The molecule has 0 saturated heterocycles. The van der Waals surface area contributed by atoms with Gasteiger partial charge in [-0.3, -0.25) is 9.67 Å². The Morgan fingerprint density at radius 3 is 2.96 bits per heavy atom. The molecule has 5 rings (SSSR count). The minimum atomic E-state index is 0.441. The fourth-order valence-electron chi connectivity index (χ4n) is 3.06. The predicted octanol–water partition coefficient (Wildman–Crippen LogP) is 3.47. The molecule has 4 aromatic heterocycles. The molecule has 0 bridgehead atoms. The second kappa shape index (κ2) is 6.86.